The number of hydrogen-bond donors (Lipinski definition) is 1. The molecule has 1 unspecified atom stereocenters. The number of nitrogens with two attached hydrogens (primary N) is 1. The summed E-state index contributed by atoms with van der Waals surface area (Å²) in [5.74, 6) is 0.161. The first-order valence-corrected chi connectivity index (χ1v) is 7.74. The van der Waals surface area contributed by atoms with Crippen molar-refractivity contribution in [2.75, 3.05) is 19.3 Å². The molecule has 0 aliphatic rings. The Morgan fingerprint density at radius 1 is 1.41 bits per heavy atom. The summed E-state index contributed by atoms with van der Waals surface area (Å²) in [6.07, 6.45) is 0.612. The average molecular weight is 280 g/mol. The summed E-state index contributed by atoms with van der Waals surface area (Å²) in [6.45, 7) is 7.66. The van der Waals surface area contributed by atoms with Crippen molar-refractivity contribution in [1.29, 1.82) is 0 Å². The van der Waals surface area contributed by atoms with Crippen LogP contribution in [0, 0.1) is 0 Å². The van der Waals surface area contributed by atoms with Crippen LogP contribution in [0.25, 0.3) is 0 Å². The fourth-order valence-electron chi connectivity index (χ4n) is 1.24. The van der Waals surface area contributed by atoms with Crippen molar-refractivity contribution in [1.82, 2.24) is 4.90 Å². The molecule has 4 nitrogen and oxygen atoms in total. The molecule has 0 saturated heterocycles. The van der Waals surface area contributed by atoms with Crippen LogP contribution in [0.15, 0.2) is 0 Å². The van der Waals surface area contributed by atoms with Crippen LogP contribution >= 0.6 is 12.2 Å². The van der Waals surface area contributed by atoms with Crippen molar-refractivity contribution in [3.05, 3.63) is 0 Å². The molecule has 0 radical (unpaired) electrons. The molecule has 0 spiro atoms. The van der Waals surface area contributed by atoms with Crippen molar-refractivity contribution in [2.24, 2.45) is 5.73 Å². The molecule has 1 atom stereocenters. The van der Waals surface area contributed by atoms with Crippen LogP contribution in [-0.4, -0.2) is 48.4 Å². The molecule has 17 heavy (non-hydrogen) atoms. The van der Waals surface area contributed by atoms with Gasteiger partial charge in [0, 0.05) is 19.0 Å². The van der Waals surface area contributed by atoms with Gasteiger partial charge in [0.25, 0.3) is 0 Å². The minimum absolute atomic E-state index is 0.161. The second-order valence-corrected chi connectivity index (χ2v) is 8.82. The van der Waals surface area contributed by atoms with Crippen LogP contribution in [0.1, 0.15) is 34.1 Å². The second-order valence-electron chi connectivity index (χ2n) is 5.43. The van der Waals surface area contributed by atoms with Gasteiger partial charge >= 0.3 is 0 Å². The highest BCUT2D eigenvalue weighted by Crippen LogP contribution is 2.16. The van der Waals surface area contributed by atoms with Gasteiger partial charge in [-0.05, 0) is 34.7 Å². The predicted octanol–water partition coefficient (Wildman–Crippen LogP) is 1.20. The topological polar surface area (TPSA) is 63.4 Å². The van der Waals surface area contributed by atoms with Crippen molar-refractivity contribution in [2.45, 2.75) is 44.9 Å². The molecule has 0 aromatic rings. The lowest BCUT2D eigenvalue weighted by Gasteiger charge is -2.26. The zero-order chi connectivity index (χ0) is 13.9. The normalized spacial score (nSPS) is 14.9. The highest BCUT2D eigenvalue weighted by Gasteiger charge is 2.29. The quantitative estimate of drug-likeness (QED) is 0.741. The van der Waals surface area contributed by atoms with E-state index >= 15 is 0 Å². The van der Waals surface area contributed by atoms with Crippen LogP contribution in [0.5, 0.6) is 0 Å². The summed E-state index contributed by atoms with van der Waals surface area (Å²) < 4.78 is 23.2. The number of sulfone groups is 1. The van der Waals surface area contributed by atoms with Crippen LogP contribution in [-0.2, 0) is 9.84 Å². The van der Waals surface area contributed by atoms with Gasteiger partial charge in [0.15, 0.2) is 9.84 Å². The van der Waals surface area contributed by atoms with Gasteiger partial charge in [0.05, 0.1) is 15.5 Å². The standard InChI is InChI=1S/C11H24N2O2S2/c1-9(8-10(12)16)13(5)6-7-17(14,15)11(2,3)4/h9H,6-8H2,1-5H3,(H2,12,16). The Morgan fingerprint density at radius 3 is 2.24 bits per heavy atom. The highest BCUT2D eigenvalue weighted by atomic mass is 32.2. The maximum absolute atomic E-state index is 11.9. The van der Waals surface area contributed by atoms with Crippen LogP contribution in [0.3, 0.4) is 0 Å². The molecule has 0 aromatic carbocycles. The maximum atomic E-state index is 11.9. The largest absolute Gasteiger partial charge is 0.393 e. The van der Waals surface area contributed by atoms with Gasteiger partial charge in [-0.2, -0.15) is 0 Å². The fourth-order valence-corrected chi connectivity index (χ4v) is 2.62. The van der Waals surface area contributed by atoms with Gasteiger partial charge in [-0.25, -0.2) is 8.42 Å². The first-order chi connectivity index (χ1) is 7.47. The van der Waals surface area contributed by atoms with E-state index in [9.17, 15) is 8.42 Å². The minimum Gasteiger partial charge on any atom is -0.393 e. The lowest BCUT2D eigenvalue weighted by Crippen LogP contribution is -2.39. The monoisotopic (exact) mass is 280 g/mol. The molecule has 0 saturated carbocycles. The van der Waals surface area contributed by atoms with E-state index < -0.39 is 14.6 Å². The smallest absolute Gasteiger partial charge is 0.156 e. The summed E-state index contributed by atoms with van der Waals surface area (Å²) in [4.78, 5) is 2.44. The molecule has 0 aliphatic carbocycles. The lowest BCUT2D eigenvalue weighted by atomic mass is 10.2. The average Bonchev–Trinajstić information content (AvgIpc) is 2.11. The SMILES string of the molecule is CC(CC(N)=S)N(C)CCS(=O)(=O)C(C)(C)C. The van der Waals surface area contributed by atoms with Gasteiger partial charge < -0.3 is 10.6 Å². The Bertz CT molecular complexity index is 358. The van der Waals surface area contributed by atoms with Crippen LogP contribution in [0.4, 0.5) is 0 Å². The molecule has 0 fully saturated rings. The van der Waals surface area contributed by atoms with Crippen molar-refractivity contribution >= 4 is 27.0 Å². The number of thiocarbonyl (C=S) groups is 1. The zero-order valence-corrected chi connectivity index (χ0v) is 13.0. The fraction of sp³-hybridized carbons (Fsp3) is 0.909. The van der Waals surface area contributed by atoms with Gasteiger partial charge in [-0.15, -0.1) is 0 Å². The van der Waals surface area contributed by atoms with E-state index in [0.717, 1.165) is 0 Å². The number of rotatable bonds is 6. The van der Waals surface area contributed by atoms with E-state index in [1.54, 1.807) is 20.8 Å². The highest BCUT2D eigenvalue weighted by molar-refractivity contribution is 7.92. The Hall–Kier alpha value is -0.200. The van der Waals surface area contributed by atoms with E-state index in [-0.39, 0.29) is 11.8 Å². The minimum atomic E-state index is -3.06. The van der Waals surface area contributed by atoms with E-state index in [1.807, 2.05) is 18.9 Å². The summed E-state index contributed by atoms with van der Waals surface area (Å²) in [7, 11) is -1.17. The molecular weight excluding hydrogens is 256 g/mol. The second kappa shape index (κ2) is 6.11. The summed E-state index contributed by atoms with van der Waals surface area (Å²) >= 11 is 4.84. The van der Waals surface area contributed by atoms with Crippen molar-refractivity contribution < 1.29 is 8.42 Å². The molecule has 0 rings (SSSR count). The summed E-state index contributed by atoms with van der Waals surface area (Å²) in [5.41, 5.74) is 5.47. The summed E-state index contributed by atoms with van der Waals surface area (Å²) in [6, 6.07) is 0.169. The van der Waals surface area contributed by atoms with Gasteiger partial charge in [-0.3, -0.25) is 0 Å². The van der Waals surface area contributed by atoms with Gasteiger partial charge in [-0.1, -0.05) is 12.2 Å². The van der Waals surface area contributed by atoms with Gasteiger partial charge in [0.2, 0.25) is 0 Å². The van der Waals surface area contributed by atoms with E-state index in [2.05, 4.69) is 0 Å². The Balaban J connectivity index is 4.35. The van der Waals surface area contributed by atoms with E-state index in [1.165, 1.54) is 0 Å². The maximum Gasteiger partial charge on any atom is 0.156 e. The molecule has 0 aromatic heterocycles. The van der Waals surface area contributed by atoms with Crippen molar-refractivity contribution in [3.8, 4) is 0 Å². The molecule has 2 N–H and O–H groups in total. The van der Waals surface area contributed by atoms with Crippen LogP contribution in [0.2, 0.25) is 0 Å². The first-order valence-electron chi connectivity index (χ1n) is 5.68. The number of nitrogens with zero attached hydrogens (tertiary/aromatic N) is 1. The van der Waals surface area contributed by atoms with E-state index in [4.69, 9.17) is 18.0 Å². The predicted molar refractivity (Wildman–Crippen MR) is 77.0 cm³/mol. The molecule has 0 heterocycles. The molecule has 0 bridgehead atoms. The molecular formula is C11H24N2O2S2. The van der Waals surface area contributed by atoms with Gasteiger partial charge in [0.1, 0.15) is 0 Å². The Labute approximate surface area is 110 Å². The Morgan fingerprint density at radius 2 is 1.88 bits per heavy atom. The van der Waals surface area contributed by atoms with E-state index in [0.29, 0.717) is 18.0 Å². The van der Waals surface area contributed by atoms with Crippen molar-refractivity contribution in [3.63, 3.8) is 0 Å². The third kappa shape index (κ3) is 5.79. The zero-order valence-electron chi connectivity index (χ0n) is 11.4. The molecule has 0 aliphatic heterocycles. The number of hydrogen-bond acceptors (Lipinski definition) is 4. The lowest BCUT2D eigenvalue weighted by molar-refractivity contribution is 0.278. The Kier molecular flexibility index (Phi) is 6.04. The summed E-state index contributed by atoms with van der Waals surface area (Å²) in [5, 5.41) is 0. The first kappa shape index (κ1) is 16.8. The third-order valence-electron chi connectivity index (χ3n) is 2.89. The molecule has 0 amide bonds. The molecule has 6 heteroatoms. The molecule has 102 valence electrons. The van der Waals surface area contributed by atoms with Crippen LogP contribution < -0.4 is 5.73 Å². The third-order valence-corrected chi connectivity index (χ3v) is 5.65.